The SMILES string of the molecule is COc1cc(/C=C(\C#N)C(=O)NC(C)c2ccccc2)cc(OC)c1. The summed E-state index contributed by atoms with van der Waals surface area (Å²) in [7, 11) is 3.09. The van der Waals surface area contributed by atoms with Crippen molar-refractivity contribution >= 4 is 12.0 Å². The summed E-state index contributed by atoms with van der Waals surface area (Å²) in [4.78, 5) is 12.4. The molecule has 1 atom stereocenters. The second-order valence-electron chi connectivity index (χ2n) is 5.42. The first-order chi connectivity index (χ1) is 12.1. The summed E-state index contributed by atoms with van der Waals surface area (Å²) in [6, 6.07) is 16.5. The quantitative estimate of drug-likeness (QED) is 0.647. The fourth-order valence-corrected chi connectivity index (χ4v) is 2.33. The molecule has 0 fully saturated rings. The molecule has 0 heterocycles. The first-order valence-electron chi connectivity index (χ1n) is 7.78. The maximum atomic E-state index is 12.4. The Morgan fingerprint density at radius 3 is 2.24 bits per heavy atom. The van der Waals surface area contributed by atoms with Crippen molar-refractivity contribution in [3.8, 4) is 17.6 Å². The summed E-state index contributed by atoms with van der Waals surface area (Å²) < 4.78 is 10.4. The fourth-order valence-electron chi connectivity index (χ4n) is 2.33. The van der Waals surface area contributed by atoms with Crippen LogP contribution < -0.4 is 14.8 Å². The van der Waals surface area contributed by atoms with E-state index in [1.54, 1.807) is 32.4 Å². The smallest absolute Gasteiger partial charge is 0.262 e. The number of nitrogens with zero attached hydrogens (tertiary/aromatic N) is 1. The van der Waals surface area contributed by atoms with Gasteiger partial charge in [0.05, 0.1) is 20.3 Å². The van der Waals surface area contributed by atoms with Crippen molar-refractivity contribution in [3.63, 3.8) is 0 Å². The van der Waals surface area contributed by atoms with Crippen LogP contribution in [-0.4, -0.2) is 20.1 Å². The van der Waals surface area contributed by atoms with Gasteiger partial charge in [0, 0.05) is 6.07 Å². The zero-order valence-electron chi connectivity index (χ0n) is 14.4. The normalized spacial score (nSPS) is 12.0. The number of amides is 1. The van der Waals surface area contributed by atoms with Crippen LogP contribution in [-0.2, 0) is 4.79 Å². The summed E-state index contributed by atoms with van der Waals surface area (Å²) in [5, 5.41) is 12.2. The van der Waals surface area contributed by atoms with E-state index in [1.165, 1.54) is 6.08 Å². The van der Waals surface area contributed by atoms with Crippen molar-refractivity contribution < 1.29 is 14.3 Å². The van der Waals surface area contributed by atoms with Crippen LogP contribution in [0.5, 0.6) is 11.5 Å². The third-order valence-corrected chi connectivity index (χ3v) is 3.70. The van der Waals surface area contributed by atoms with Gasteiger partial charge in [-0.1, -0.05) is 30.3 Å². The lowest BCUT2D eigenvalue weighted by Gasteiger charge is -2.14. The van der Waals surface area contributed by atoms with Crippen molar-refractivity contribution in [1.29, 1.82) is 5.26 Å². The van der Waals surface area contributed by atoms with Crippen molar-refractivity contribution in [2.75, 3.05) is 14.2 Å². The highest BCUT2D eigenvalue weighted by Crippen LogP contribution is 2.24. The van der Waals surface area contributed by atoms with Gasteiger partial charge in [-0.2, -0.15) is 5.26 Å². The molecule has 0 saturated carbocycles. The number of carbonyl (C=O) groups excluding carboxylic acids is 1. The van der Waals surface area contributed by atoms with Gasteiger partial charge >= 0.3 is 0 Å². The highest BCUT2D eigenvalue weighted by Gasteiger charge is 2.14. The van der Waals surface area contributed by atoms with Gasteiger partial charge < -0.3 is 14.8 Å². The first kappa shape index (κ1) is 18.1. The Balaban J connectivity index is 2.22. The number of benzene rings is 2. The van der Waals surface area contributed by atoms with E-state index in [4.69, 9.17) is 9.47 Å². The molecule has 0 radical (unpaired) electrons. The molecule has 1 N–H and O–H groups in total. The maximum Gasteiger partial charge on any atom is 0.262 e. The van der Waals surface area contributed by atoms with E-state index in [2.05, 4.69) is 5.32 Å². The van der Waals surface area contributed by atoms with E-state index in [0.29, 0.717) is 17.1 Å². The minimum absolute atomic E-state index is 0.0121. The van der Waals surface area contributed by atoms with Crippen LogP contribution in [0.15, 0.2) is 54.1 Å². The summed E-state index contributed by atoms with van der Waals surface area (Å²) >= 11 is 0. The maximum absolute atomic E-state index is 12.4. The summed E-state index contributed by atoms with van der Waals surface area (Å²) in [6.45, 7) is 1.87. The molecule has 1 unspecified atom stereocenters. The molecule has 5 nitrogen and oxygen atoms in total. The van der Waals surface area contributed by atoms with Gasteiger partial charge in [0.2, 0.25) is 0 Å². The molecule has 2 aromatic carbocycles. The number of nitrogens with one attached hydrogen (secondary N) is 1. The molecule has 0 aliphatic carbocycles. The van der Waals surface area contributed by atoms with E-state index in [1.807, 2.05) is 43.3 Å². The molecule has 0 aliphatic heterocycles. The zero-order valence-corrected chi connectivity index (χ0v) is 14.4. The second-order valence-corrected chi connectivity index (χ2v) is 5.42. The lowest BCUT2D eigenvalue weighted by Crippen LogP contribution is -2.27. The van der Waals surface area contributed by atoms with Crippen LogP contribution in [0.2, 0.25) is 0 Å². The summed E-state index contributed by atoms with van der Waals surface area (Å²) in [5.74, 6) is 0.738. The Morgan fingerprint density at radius 1 is 1.12 bits per heavy atom. The second kappa shape index (κ2) is 8.55. The van der Waals surface area contributed by atoms with Crippen molar-refractivity contribution in [2.24, 2.45) is 0 Å². The number of rotatable bonds is 6. The molecule has 25 heavy (non-hydrogen) atoms. The third-order valence-electron chi connectivity index (χ3n) is 3.70. The summed E-state index contributed by atoms with van der Waals surface area (Å²) in [5.41, 5.74) is 1.63. The van der Waals surface area contributed by atoms with Crippen LogP contribution in [0.1, 0.15) is 24.1 Å². The highest BCUT2D eigenvalue weighted by molar-refractivity contribution is 6.01. The number of nitriles is 1. The topological polar surface area (TPSA) is 71.3 Å². The van der Waals surface area contributed by atoms with E-state index in [-0.39, 0.29) is 11.6 Å². The molecule has 0 aliphatic rings. The average molecular weight is 336 g/mol. The predicted octanol–water partition coefficient (Wildman–Crippen LogP) is 3.49. The number of ether oxygens (including phenoxy) is 2. The van der Waals surface area contributed by atoms with Gasteiger partial charge in [0.25, 0.3) is 5.91 Å². The van der Waals surface area contributed by atoms with Gasteiger partial charge in [0.15, 0.2) is 0 Å². The Kier molecular flexibility index (Phi) is 6.19. The van der Waals surface area contributed by atoms with Gasteiger partial charge in [-0.25, -0.2) is 0 Å². The molecule has 5 heteroatoms. The highest BCUT2D eigenvalue weighted by atomic mass is 16.5. The average Bonchev–Trinajstić information content (AvgIpc) is 2.66. The van der Waals surface area contributed by atoms with Gasteiger partial charge in [0.1, 0.15) is 23.1 Å². The summed E-state index contributed by atoms with van der Waals surface area (Å²) in [6.07, 6.45) is 1.51. The van der Waals surface area contributed by atoms with E-state index < -0.39 is 5.91 Å². The molecule has 2 rings (SSSR count). The number of hydrogen-bond donors (Lipinski definition) is 1. The van der Waals surface area contributed by atoms with Crippen molar-refractivity contribution in [2.45, 2.75) is 13.0 Å². The predicted molar refractivity (Wildman–Crippen MR) is 96.1 cm³/mol. The van der Waals surface area contributed by atoms with E-state index >= 15 is 0 Å². The molecular formula is C20H20N2O3. The Bertz CT molecular complexity index is 785. The van der Waals surface area contributed by atoms with Crippen LogP contribution in [0.25, 0.3) is 6.08 Å². The van der Waals surface area contributed by atoms with Crippen molar-refractivity contribution in [1.82, 2.24) is 5.32 Å². The van der Waals surface area contributed by atoms with E-state index in [9.17, 15) is 10.1 Å². The van der Waals surface area contributed by atoms with Gasteiger partial charge in [-0.05, 0) is 36.3 Å². The van der Waals surface area contributed by atoms with Crippen LogP contribution in [0.3, 0.4) is 0 Å². The molecule has 128 valence electrons. The molecule has 0 bridgehead atoms. The number of hydrogen-bond acceptors (Lipinski definition) is 4. The zero-order chi connectivity index (χ0) is 18.2. The molecule has 1 amide bonds. The standard InChI is InChI=1S/C20H20N2O3/c1-14(16-7-5-4-6-8-16)22-20(23)17(13-21)9-15-10-18(24-2)12-19(11-15)25-3/h4-12,14H,1-3H3,(H,22,23)/b17-9+. The molecule has 0 saturated heterocycles. The monoisotopic (exact) mass is 336 g/mol. The number of carbonyl (C=O) groups is 1. The van der Waals surface area contributed by atoms with Gasteiger partial charge in [-0.15, -0.1) is 0 Å². The molecule has 0 spiro atoms. The van der Waals surface area contributed by atoms with Crippen LogP contribution >= 0.6 is 0 Å². The van der Waals surface area contributed by atoms with Crippen molar-refractivity contribution in [3.05, 3.63) is 65.2 Å². The minimum Gasteiger partial charge on any atom is -0.497 e. The largest absolute Gasteiger partial charge is 0.497 e. The Labute approximate surface area is 147 Å². The van der Waals surface area contributed by atoms with E-state index in [0.717, 1.165) is 5.56 Å². The van der Waals surface area contributed by atoms with Crippen LogP contribution in [0, 0.1) is 11.3 Å². The minimum atomic E-state index is -0.430. The van der Waals surface area contributed by atoms with Crippen LogP contribution in [0.4, 0.5) is 0 Å². The Hall–Kier alpha value is -3.26. The number of methoxy groups -OCH3 is 2. The molecule has 0 aromatic heterocycles. The molecular weight excluding hydrogens is 316 g/mol. The lowest BCUT2D eigenvalue weighted by atomic mass is 10.1. The molecule has 2 aromatic rings. The lowest BCUT2D eigenvalue weighted by molar-refractivity contribution is -0.117. The third kappa shape index (κ3) is 4.85. The Morgan fingerprint density at radius 2 is 1.72 bits per heavy atom. The fraction of sp³-hybridized carbons (Fsp3) is 0.200. The first-order valence-corrected chi connectivity index (χ1v) is 7.78. The van der Waals surface area contributed by atoms with Gasteiger partial charge in [-0.3, -0.25) is 4.79 Å².